The first-order valence-corrected chi connectivity index (χ1v) is 12.4. The van der Waals surface area contributed by atoms with Gasteiger partial charge in [-0.05, 0) is 75.3 Å². The van der Waals surface area contributed by atoms with Crippen molar-refractivity contribution in [2.75, 3.05) is 13.1 Å². The van der Waals surface area contributed by atoms with Gasteiger partial charge in [0.1, 0.15) is 6.10 Å². The zero-order valence-corrected chi connectivity index (χ0v) is 18.6. The van der Waals surface area contributed by atoms with Gasteiger partial charge in [-0.1, -0.05) is 6.07 Å². The van der Waals surface area contributed by atoms with Crippen molar-refractivity contribution < 1.29 is 17.9 Å². The van der Waals surface area contributed by atoms with Crippen molar-refractivity contribution in [1.82, 2.24) is 14.6 Å². The molecule has 2 heterocycles. The summed E-state index contributed by atoms with van der Waals surface area (Å²) in [7, 11) is -3.46. The second-order valence-corrected chi connectivity index (χ2v) is 10.3. The summed E-state index contributed by atoms with van der Waals surface area (Å²) in [5.74, 6) is 0.469. The number of ether oxygens (including phenoxy) is 1. The highest BCUT2D eigenvalue weighted by molar-refractivity contribution is 7.89. The minimum Gasteiger partial charge on any atom is -0.474 e. The number of nitrogens with zero attached hydrogens (tertiary/aromatic N) is 2. The number of carbonyl (C=O) groups is 1. The smallest absolute Gasteiger partial charge is 0.251 e. The highest BCUT2D eigenvalue weighted by Crippen LogP contribution is 2.24. The van der Waals surface area contributed by atoms with Gasteiger partial charge in [-0.2, -0.15) is 4.31 Å². The molecule has 0 atom stereocenters. The second kappa shape index (κ2) is 9.36. The molecule has 31 heavy (non-hydrogen) atoms. The lowest BCUT2D eigenvalue weighted by Crippen LogP contribution is -2.39. The molecular formula is C23H29N3O4S. The van der Waals surface area contributed by atoms with E-state index in [9.17, 15) is 13.2 Å². The van der Waals surface area contributed by atoms with Gasteiger partial charge in [-0.25, -0.2) is 13.4 Å². The average molecular weight is 444 g/mol. The van der Waals surface area contributed by atoms with Crippen LogP contribution in [-0.2, 0) is 10.0 Å². The van der Waals surface area contributed by atoms with Gasteiger partial charge in [0.2, 0.25) is 15.9 Å². The van der Waals surface area contributed by atoms with E-state index < -0.39 is 10.0 Å². The van der Waals surface area contributed by atoms with Crippen LogP contribution in [0.4, 0.5) is 0 Å². The molecule has 1 aliphatic heterocycles. The van der Waals surface area contributed by atoms with Gasteiger partial charge in [-0.3, -0.25) is 4.79 Å². The van der Waals surface area contributed by atoms with E-state index >= 15 is 0 Å². The fourth-order valence-corrected chi connectivity index (χ4v) is 5.66. The molecule has 2 fully saturated rings. The summed E-state index contributed by atoms with van der Waals surface area (Å²) >= 11 is 0. The highest BCUT2D eigenvalue weighted by Gasteiger charge is 2.28. The number of nitrogens with one attached hydrogen (secondary N) is 1. The summed E-state index contributed by atoms with van der Waals surface area (Å²) < 4.78 is 32.7. The summed E-state index contributed by atoms with van der Waals surface area (Å²) in [6.07, 6.45) is 7.08. The Hall–Kier alpha value is -2.45. The van der Waals surface area contributed by atoms with Crippen LogP contribution in [0.2, 0.25) is 0 Å². The number of benzene rings is 1. The standard InChI is InChI=1S/C23H29N3O4S/c1-17-4-13-22(24-16-17)30-20-9-7-19(8-10-20)25-23(27)18-5-11-21(12-6-18)31(28,29)26-14-2-3-15-26/h4-6,11-13,16,19-20H,2-3,7-10,14-15H2,1H3,(H,25,27). The zero-order chi connectivity index (χ0) is 21.8. The second-order valence-electron chi connectivity index (χ2n) is 8.37. The number of pyridine rings is 1. The van der Waals surface area contributed by atoms with Crippen LogP contribution in [0.3, 0.4) is 0 Å². The van der Waals surface area contributed by atoms with Gasteiger partial charge < -0.3 is 10.1 Å². The molecule has 1 N–H and O–H groups in total. The quantitative estimate of drug-likeness (QED) is 0.740. The number of sulfonamides is 1. The van der Waals surface area contributed by atoms with Crippen LogP contribution in [0.1, 0.15) is 54.4 Å². The molecule has 1 aromatic heterocycles. The molecule has 0 unspecified atom stereocenters. The maximum atomic E-state index is 12.6. The van der Waals surface area contributed by atoms with Crippen LogP contribution in [0.25, 0.3) is 0 Å². The van der Waals surface area contributed by atoms with E-state index in [1.807, 2.05) is 19.1 Å². The Morgan fingerprint density at radius 1 is 1.03 bits per heavy atom. The van der Waals surface area contributed by atoms with Crippen molar-refractivity contribution in [2.45, 2.75) is 62.5 Å². The molecule has 8 heteroatoms. The SMILES string of the molecule is Cc1ccc(OC2CCC(NC(=O)c3ccc(S(=O)(=O)N4CCCC4)cc3)CC2)nc1. The monoisotopic (exact) mass is 443 g/mol. The normalized spacial score (nSPS) is 22.2. The van der Waals surface area contributed by atoms with Crippen molar-refractivity contribution in [3.63, 3.8) is 0 Å². The largest absolute Gasteiger partial charge is 0.474 e. The number of hydrogen-bond acceptors (Lipinski definition) is 5. The Bertz CT molecular complexity index is 992. The molecule has 4 rings (SSSR count). The van der Waals surface area contributed by atoms with E-state index in [0.29, 0.717) is 24.5 Å². The first-order valence-electron chi connectivity index (χ1n) is 10.9. The van der Waals surface area contributed by atoms with E-state index in [2.05, 4.69) is 10.3 Å². The van der Waals surface area contributed by atoms with Gasteiger partial charge in [0.15, 0.2) is 0 Å². The summed E-state index contributed by atoms with van der Waals surface area (Å²) in [5.41, 5.74) is 1.57. The summed E-state index contributed by atoms with van der Waals surface area (Å²) in [6, 6.07) is 10.2. The van der Waals surface area contributed by atoms with Gasteiger partial charge in [-0.15, -0.1) is 0 Å². The molecule has 166 valence electrons. The zero-order valence-electron chi connectivity index (χ0n) is 17.8. The minimum atomic E-state index is -3.46. The molecule has 1 saturated carbocycles. The Morgan fingerprint density at radius 3 is 2.32 bits per heavy atom. The van der Waals surface area contributed by atoms with Gasteiger partial charge >= 0.3 is 0 Å². The third kappa shape index (κ3) is 5.25. The van der Waals surface area contributed by atoms with E-state index in [0.717, 1.165) is 44.1 Å². The number of amides is 1. The number of rotatable bonds is 6. The predicted octanol–water partition coefficient (Wildman–Crippen LogP) is 3.29. The summed E-state index contributed by atoms with van der Waals surface area (Å²) in [4.78, 5) is 17.2. The molecule has 2 aromatic rings. The molecule has 1 aromatic carbocycles. The average Bonchev–Trinajstić information content (AvgIpc) is 3.33. The van der Waals surface area contributed by atoms with Crippen molar-refractivity contribution in [2.24, 2.45) is 0 Å². The summed E-state index contributed by atoms with van der Waals surface area (Å²) in [6.45, 7) is 3.12. The van der Waals surface area contributed by atoms with Gasteiger partial charge in [0.05, 0.1) is 4.90 Å². The van der Waals surface area contributed by atoms with Gasteiger partial charge in [0, 0.05) is 37.0 Å². The molecule has 7 nitrogen and oxygen atoms in total. The number of hydrogen-bond donors (Lipinski definition) is 1. The van der Waals surface area contributed by atoms with Gasteiger partial charge in [0.25, 0.3) is 5.91 Å². The van der Waals surface area contributed by atoms with Crippen LogP contribution >= 0.6 is 0 Å². The van der Waals surface area contributed by atoms with E-state index in [-0.39, 0.29) is 22.9 Å². The molecule has 2 aliphatic rings. The molecule has 1 aliphatic carbocycles. The number of aromatic nitrogens is 1. The van der Waals surface area contributed by atoms with Crippen molar-refractivity contribution >= 4 is 15.9 Å². The third-order valence-electron chi connectivity index (χ3n) is 6.00. The van der Waals surface area contributed by atoms with Crippen LogP contribution in [0, 0.1) is 6.92 Å². The number of aryl methyl sites for hydroxylation is 1. The van der Waals surface area contributed by atoms with Crippen molar-refractivity contribution in [3.8, 4) is 5.88 Å². The molecular weight excluding hydrogens is 414 g/mol. The van der Waals surface area contributed by atoms with Crippen LogP contribution in [0.15, 0.2) is 47.5 Å². The van der Waals surface area contributed by atoms with E-state index in [1.54, 1.807) is 18.3 Å². The van der Waals surface area contributed by atoms with E-state index in [4.69, 9.17) is 4.74 Å². The molecule has 0 spiro atoms. The molecule has 0 radical (unpaired) electrons. The van der Waals surface area contributed by atoms with Crippen LogP contribution < -0.4 is 10.1 Å². The first-order chi connectivity index (χ1) is 14.9. The maximum Gasteiger partial charge on any atom is 0.251 e. The summed E-state index contributed by atoms with van der Waals surface area (Å²) in [5, 5.41) is 3.07. The molecule has 1 amide bonds. The first kappa shape index (κ1) is 21.8. The predicted molar refractivity (Wildman–Crippen MR) is 118 cm³/mol. The highest BCUT2D eigenvalue weighted by atomic mass is 32.2. The fraction of sp³-hybridized carbons (Fsp3) is 0.478. The Morgan fingerprint density at radius 2 is 1.71 bits per heavy atom. The third-order valence-corrected chi connectivity index (χ3v) is 7.91. The van der Waals surface area contributed by atoms with Crippen molar-refractivity contribution in [3.05, 3.63) is 53.7 Å². The number of carbonyl (C=O) groups excluding carboxylic acids is 1. The Balaban J connectivity index is 1.28. The van der Waals surface area contributed by atoms with Crippen LogP contribution in [0.5, 0.6) is 5.88 Å². The topological polar surface area (TPSA) is 88.6 Å². The molecule has 1 saturated heterocycles. The lowest BCUT2D eigenvalue weighted by Gasteiger charge is -2.29. The van der Waals surface area contributed by atoms with Crippen LogP contribution in [-0.4, -0.2) is 48.8 Å². The molecule has 0 bridgehead atoms. The van der Waals surface area contributed by atoms with E-state index in [1.165, 1.54) is 16.4 Å². The Kier molecular flexibility index (Phi) is 6.57. The lowest BCUT2D eigenvalue weighted by molar-refractivity contribution is 0.0890. The Labute approximate surface area is 183 Å². The van der Waals surface area contributed by atoms with Crippen molar-refractivity contribution in [1.29, 1.82) is 0 Å². The minimum absolute atomic E-state index is 0.0892. The lowest BCUT2D eigenvalue weighted by atomic mass is 9.92. The maximum absolute atomic E-state index is 12.6. The fourth-order valence-electron chi connectivity index (χ4n) is 4.14.